The molecule has 5 heteroatoms. The first-order valence-electron chi connectivity index (χ1n) is 6.40. The SMILES string of the molecule is [Cl-].[Cl-].[Cl-].[Pd].c1ccc(P(c2ccccc2)c2ccccc2)cc1. The van der Waals surface area contributed by atoms with E-state index in [1.54, 1.807) is 0 Å². The number of hydrogen-bond donors (Lipinski definition) is 0. The van der Waals surface area contributed by atoms with Crippen molar-refractivity contribution in [3.63, 3.8) is 0 Å². The molecule has 126 valence electrons. The van der Waals surface area contributed by atoms with Crippen LogP contribution in [0, 0.1) is 0 Å². The van der Waals surface area contributed by atoms with Gasteiger partial charge in [0.15, 0.2) is 0 Å². The maximum Gasteiger partial charge on any atom is 0 e. The molecule has 0 aliphatic carbocycles. The molecule has 0 amide bonds. The van der Waals surface area contributed by atoms with Crippen LogP contribution in [0.15, 0.2) is 91.0 Å². The Hall–Kier alpha value is -0.378. The maximum absolute atomic E-state index is 2.23. The molecule has 0 heterocycles. The topological polar surface area (TPSA) is 0 Å². The third-order valence-corrected chi connectivity index (χ3v) is 5.49. The molecule has 3 rings (SSSR count). The Morgan fingerprint density at radius 2 is 0.609 bits per heavy atom. The molecule has 0 saturated heterocycles. The summed E-state index contributed by atoms with van der Waals surface area (Å²) in [5.74, 6) is 0. The van der Waals surface area contributed by atoms with Crippen LogP contribution in [0.3, 0.4) is 0 Å². The van der Waals surface area contributed by atoms with E-state index in [2.05, 4.69) is 91.0 Å². The Labute approximate surface area is 171 Å². The van der Waals surface area contributed by atoms with Crippen LogP contribution in [0.4, 0.5) is 0 Å². The summed E-state index contributed by atoms with van der Waals surface area (Å²) in [6.07, 6.45) is 0. The van der Waals surface area contributed by atoms with Crippen LogP contribution in [-0.2, 0) is 20.4 Å². The van der Waals surface area contributed by atoms with Crippen LogP contribution in [-0.4, -0.2) is 0 Å². The van der Waals surface area contributed by atoms with Crippen molar-refractivity contribution in [1.29, 1.82) is 0 Å². The molecule has 0 N–H and O–H groups in total. The van der Waals surface area contributed by atoms with Gasteiger partial charge in [-0.05, 0) is 23.8 Å². The molecular formula is C18H15Cl3PPd-3. The molecule has 3 aromatic rings. The third-order valence-electron chi connectivity index (χ3n) is 3.04. The predicted octanol–water partition coefficient (Wildman–Crippen LogP) is -5.55. The van der Waals surface area contributed by atoms with Crippen molar-refractivity contribution >= 4 is 23.8 Å². The zero-order valence-electron chi connectivity index (χ0n) is 12.1. The van der Waals surface area contributed by atoms with Crippen LogP contribution >= 0.6 is 7.92 Å². The summed E-state index contributed by atoms with van der Waals surface area (Å²) in [7, 11) is -0.446. The summed E-state index contributed by atoms with van der Waals surface area (Å²) in [5, 5.41) is 4.19. The third kappa shape index (κ3) is 6.56. The monoisotopic (exact) mass is 473 g/mol. The van der Waals surface area contributed by atoms with Crippen LogP contribution in [0.2, 0.25) is 0 Å². The first-order chi connectivity index (χ1) is 9.45. The number of rotatable bonds is 3. The first-order valence-corrected chi connectivity index (χ1v) is 7.74. The fourth-order valence-electron chi connectivity index (χ4n) is 2.18. The second kappa shape index (κ2) is 13.0. The van der Waals surface area contributed by atoms with Crippen LogP contribution in [0.1, 0.15) is 0 Å². The molecule has 3 aromatic carbocycles. The van der Waals surface area contributed by atoms with E-state index < -0.39 is 7.92 Å². The van der Waals surface area contributed by atoms with Gasteiger partial charge < -0.3 is 37.2 Å². The standard InChI is InChI=1S/C18H15P.3ClH.Pd/c1-4-10-16(11-5-1)19(17-12-6-2-7-13-17)18-14-8-3-9-15-18;;;;/h1-15H;3*1H;/p-3. The molecule has 0 aromatic heterocycles. The number of halogens is 3. The van der Waals surface area contributed by atoms with Gasteiger partial charge in [0, 0.05) is 20.4 Å². The zero-order valence-corrected chi connectivity index (χ0v) is 16.8. The van der Waals surface area contributed by atoms with E-state index in [-0.39, 0.29) is 57.6 Å². The van der Waals surface area contributed by atoms with Gasteiger partial charge in [-0.15, -0.1) is 0 Å². The van der Waals surface area contributed by atoms with Gasteiger partial charge in [-0.1, -0.05) is 91.0 Å². The van der Waals surface area contributed by atoms with Gasteiger partial charge >= 0.3 is 0 Å². The average molecular weight is 475 g/mol. The summed E-state index contributed by atoms with van der Waals surface area (Å²) < 4.78 is 0. The quantitative estimate of drug-likeness (QED) is 0.262. The van der Waals surface area contributed by atoms with Gasteiger partial charge in [0.05, 0.1) is 0 Å². The Morgan fingerprint density at radius 3 is 0.826 bits per heavy atom. The molecule has 0 spiro atoms. The predicted molar refractivity (Wildman–Crippen MR) is 85.1 cm³/mol. The smallest absolute Gasteiger partial charge is 0 e. The molecular weight excluding hydrogens is 460 g/mol. The summed E-state index contributed by atoms with van der Waals surface area (Å²) in [6, 6.07) is 32.3. The summed E-state index contributed by atoms with van der Waals surface area (Å²) in [4.78, 5) is 0. The van der Waals surface area contributed by atoms with E-state index in [9.17, 15) is 0 Å². The van der Waals surface area contributed by atoms with Gasteiger partial charge in [-0.25, -0.2) is 0 Å². The fraction of sp³-hybridized carbons (Fsp3) is 0. The molecule has 0 radical (unpaired) electrons. The van der Waals surface area contributed by atoms with E-state index >= 15 is 0 Å². The number of hydrogen-bond acceptors (Lipinski definition) is 0. The minimum Gasteiger partial charge on any atom is -1.00 e. The molecule has 0 aliphatic rings. The minimum atomic E-state index is -0.446. The van der Waals surface area contributed by atoms with Crippen molar-refractivity contribution < 1.29 is 57.6 Å². The second-order valence-corrected chi connectivity index (χ2v) is 6.56. The molecule has 0 unspecified atom stereocenters. The summed E-state index contributed by atoms with van der Waals surface area (Å²) >= 11 is 0. The molecule has 0 fully saturated rings. The normalized spacial score (nSPS) is 8.74. The van der Waals surface area contributed by atoms with Crippen molar-refractivity contribution in [1.82, 2.24) is 0 Å². The van der Waals surface area contributed by atoms with Gasteiger partial charge in [0.1, 0.15) is 0 Å². The molecule has 0 bridgehead atoms. The minimum absolute atomic E-state index is 0. The van der Waals surface area contributed by atoms with E-state index in [0.717, 1.165) is 0 Å². The summed E-state index contributed by atoms with van der Waals surface area (Å²) in [6.45, 7) is 0. The van der Waals surface area contributed by atoms with Crippen molar-refractivity contribution in [3.05, 3.63) is 91.0 Å². The van der Waals surface area contributed by atoms with Crippen molar-refractivity contribution in [2.45, 2.75) is 0 Å². The molecule has 0 aliphatic heterocycles. The Balaban J connectivity index is 0. The van der Waals surface area contributed by atoms with Gasteiger partial charge in [-0.2, -0.15) is 0 Å². The molecule has 23 heavy (non-hydrogen) atoms. The van der Waals surface area contributed by atoms with Gasteiger partial charge in [-0.3, -0.25) is 0 Å². The van der Waals surface area contributed by atoms with E-state index in [0.29, 0.717) is 0 Å². The second-order valence-electron chi connectivity index (χ2n) is 4.34. The van der Waals surface area contributed by atoms with Crippen LogP contribution < -0.4 is 53.1 Å². The molecule has 0 atom stereocenters. The van der Waals surface area contributed by atoms with Gasteiger partial charge in [0.25, 0.3) is 0 Å². The Morgan fingerprint density at radius 1 is 0.391 bits per heavy atom. The van der Waals surface area contributed by atoms with E-state index in [1.807, 2.05) is 0 Å². The average Bonchev–Trinajstić information content (AvgIpc) is 2.51. The first kappa shape index (κ1) is 24.9. The van der Waals surface area contributed by atoms with Crippen LogP contribution in [0.5, 0.6) is 0 Å². The van der Waals surface area contributed by atoms with E-state index in [4.69, 9.17) is 0 Å². The zero-order chi connectivity index (χ0) is 12.9. The Bertz CT molecular complexity index is 542. The van der Waals surface area contributed by atoms with E-state index in [1.165, 1.54) is 15.9 Å². The van der Waals surface area contributed by atoms with Crippen molar-refractivity contribution in [2.75, 3.05) is 0 Å². The summed E-state index contributed by atoms with van der Waals surface area (Å²) in [5.41, 5.74) is 0. The Kier molecular flexibility index (Phi) is 14.0. The van der Waals surface area contributed by atoms with Crippen LogP contribution in [0.25, 0.3) is 0 Å². The molecule has 0 saturated carbocycles. The fourth-order valence-corrected chi connectivity index (χ4v) is 4.48. The maximum atomic E-state index is 2.23. The molecule has 0 nitrogen and oxygen atoms in total. The van der Waals surface area contributed by atoms with Crippen molar-refractivity contribution in [3.8, 4) is 0 Å². The largest absolute Gasteiger partial charge is 1.00 e. The van der Waals surface area contributed by atoms with Crippen molar-refractivity contribution in [2.24, 2.45) is 0 Å². The van der Waals surface area contributed by atoms with Gasteiger partial charge in [0.2, 0.25) is 0 Å². The number of benzene rings is 3.